The van der Waals surface area contributed by atoms with E-state index in [-0.39, 0.29) is 17.0 Å². The number of tetrazole rings is 1. The molecule has 1 aromatic heterocycles. The van der Waals surface area contributed by atoms with Gasteiger partial charge in [0.05, 0.1) is 7.05 Å². The van der Waals surface area contributed by atoms with E-state index in [1.165, 1.54) is 19.2 Å². The normalized spacial score (nSPS) is 18.2. The Balaban J connectivity index is 1.87. The molecule has 1 N–H and O–H groups in total. The third-order valence-corrected chi connectivity index (χ3v) is 4.45. The van der Waals surface area contributed by atoms with Crippen molar-refractivity contribution in [3.63, 3.8) is 0 Å². The van der Waals surface area contributed by atoms with Crippen molar-refractivity contribution >= 4 is 10.0 Å². The van der Waals surface area contributed by atoms with Gasteiger partial charge in [0.2, 0.25) is 0 Å². The van der Waals surface area contributed by atoms with Crippen molar-refractivity contribution in [3.05, 3.63) is 35.1 Å². The number of nitrogens with one attached hydrogen (secondary N) is 1. The van der Waals surface area contributed by atoms with Crippen LogP contribution in [0.2, 0.25) is 0 Å². The molecule has 1 unspecified atom stereocenters. The minimum absolute atomic E-state index is 0.317. The number of rotatable bonds is 3. The van der Waals surface area contributed by atoms with Crippen molar-refractivity contribution in [1.82, 2.24) is 24.9 Å². The molecule has 3 rings (SSSR count). The molecule has 9 heteroatoms. The molecule has 0 saturated heterocycles. The molecular formula is C11H12FN5O2S. The average Bonchev–Trinajstić information content (AvgIpc) is 2.96. The first-order valence-electron chi connectivity index (χ1n) is 6.00. The SMILES string of the molecule is Cn1nnc(S(=O)(=O)NC2CCc3cc(F)ccc32)n1. The molecule has 0 bridgehead atoms. The molecule has 0 radical (unpaired) electrons. The minimum atomic E-state index is -3.83. The summed E-state index contributed by atoms with van der Waals surface area (Å²) in [6.45, 7) is 0. The van der Waals surface area contributed by atoms with Gasteiger partial charge in [0.15, 0.2) is 0 Å². The Kier molecular flexibility index (Phi) is 3.02. The van der Waals surface area contributed by atoms with Gasteiger partial charge in [-0.1, -0.05) is 11.2 Å². The number of aryl methyl sites for hydroxylation is 2. The van der Waals surface area contributed by atoms with Crippen LogP contribution in [0.4, 0.5) is 4.39 Å². The predicted molar refractivity (Wildman–Crippen MR) is 66.6 cm³/mol. The van der Waals surface area contributed by atoms with Gasteiger partial charge >= 0.3 is 5.16 Å². The molecule has 1 aliphatic rings. The molecule has 0 spiro atoms. The smallest absolute Gasteiger partial charge is 0.207 e. The summed E-state index contributed by atoms with van der Waals surface area (Å²) in [7, 11) is -2.34. The fourth-order valence-corrected chi connectivity index (χ4v) is 3.42. The van der Waals surface area contributed by atoms with E-state index in [2.05, 4.69) is 20.1 Å². The largest absolute Gasteiger partial charge is 0.303 e. The molecule has 0 saturated carbocycles. The number of aromatic nitrogens is 4. The van der Waals surface area contributed by atoms with Crippen LogP contribution in [0, 0.1) is 5.82 Å². The summed E-state index contributed by atoms with van der Waals surface area (Å²) < 4.78 is 39.9. The third kappa shape index (κ3) is 2.29. The highest BCUT2D eigenvalue weighted by atomic mass is 32.2. The lowest BCUT2D eigenvalue weighted by molar-refractivity contribution is 0.544. The van der Waals surface area contributed by atoms with Crippen molar-refractivity contribution in [2.75, 3.05) is 0 Å². The third-order valence-electron chi connectivity index (χ3n) is 3.21. The van der Waals surface area contributed by atoms with E-state index in [1.54, 1.807) is 6.07 Å². The van der Waals surface area contributed by atoms with E-state index in [9.17, 15) is 12.8 Å². The number of benzene rings is 1. The Morgan fingerprint density at radius 1 is 1.45 bits per heavy atom. The van der Waals surface area contributed by atoms with E-state index in [0.717, 1.165) is 15.9 Å². The van der Waals surface area contributed by atoms with Crippen LogP contribution in [-0.2, 0) is 23.5 Å². The molecule has 2 aromatic rings. The number of sulfonamides is 1. The van der Waals surface area contributed by atoms with Crippen molar-refractivity contribution in [3.8, 4) is 0 Å². The number of fused-ring (bicyclic) bond motifs is 1. The Labute approximate surface area is 114 Å². The average molecular weight is 297 g/mol. The van der Waals surface area contributed by atoms with E-state index >= 15 is 0 Å². The van der Waals surface area contributed by atoms with Gasteiger partial charge in [-0.3, -0.25) is 0 Å². The standard InChI is InChI=1S/C11H12FN5O2S/c1-17-14-11(13-16-17)20(18,19)15-10-5-2-7-6-8(12)3-4-9(7)10/h3-4,6,10,15H,2,5H2,1H3. The predicted octanol–water partition coefficient (Wildman–Crippen LogP) is 0.315. The summed E-state index contributed by atoms with van der Waals surface area (Å²) in [5.41, 5.74) is 1.61. The van der Waals surface area contributed by atoms with Crippen molar-refractivity contribution in [1.29, 1.82) is 0 Å². The van der Waals surface area contributed by atoms with Crippen LogP contribution in [0.3, 0.4) is 0 Å². The van der Waals surface area contributed by atoms with E-state index in [4.69, 9.17) is 0 Å². The van der Waals surface area contributed by atoms with Gasteiger partial charge in [0.25, 0.3) is 10.0 Å². The molecule has 1 aliphatic carbocycles. The fourth-order valence-electron chi connectivity index (χ4n) is 2.32. The quantitative estimate of drug-likeness (QED) is 0.881. The lowest BCUT2D eigenvalue weighted by atomic mass is 10.1. The van der Waals surface area contributed by atoms with Crippen LogP contribution < -0.4 is 4.72 Å². The van der Waals surface area contributed by atoms with Crippen LogP contribution in [0.25, 0.3) is 0 Å². The molecular weight excluding hydrogens is 285 g/mol. The summed E-state index contributed by atoms with van der Waals surface area (Å²) in [6.07, 6.45) is 1.21. The van der Waals surface area contributed by atoms with Crippen LogP contribution in [0.5, 0.6) is 0 Å². The molecule has 7 nitrogen and oxygen atoms in total. The molecule has 1 atom stereocenters. The van der Waals surface area contributed by atoms with Crippen molar-refractivity contribution < 1.29 is 12.8 Å². The zero-order valence-corrected chi connectivity index (χ0v) is 11.4. The van der Waals surface area contributed by atoms with Crippen molar-refractivity contribution in [2.45, 2.75) is 24.0 Å². The first-order valence-corrected chi connectivity index (χ1v) is 7.49. The molecule has 1 heterocycles. The number of halogens is 1. The van der Waals surface area contributed by atoms with Crippen LogP contribution in [0.15, 0.2) is 23.4 Å². The number of nitrogens with zero attached hydrogens (tertiary/aromatic N) is 4. The highest BCUT2D eigenvalue weighted by Crippen LogP contribution is 2.32. The van der Waals surface area contributed by atoms with Crippen LogP contribution >= 0.6 is 0 Å². The molecule has 0 amide bonds. The van der Waals surface area contributed by atoms with Gasteiger partial charge in [-0.25, -0.2) is 17.5 Å². The maximum atomic E-state index is 13.1. The molecule has 0 aliphatic heterocycles. The molecule has 0 fully saturated rings. The second-order valence-corrected chi connectivity index (χ2v) is 6.22. The molecule has 106 valence electrons. The fraction of sp³-hybridized carbons (Fsp3) is 0.364. The summed E-state index contributed by atoms with van der Waals surface area (Å²) >= 11 is 0. The van der Waals surface area contributed by atoms with Gasteiger partial charge in [-0.05, 0) is 41.3 Å². The Morgan fingerprint density at radius 2 is 2.25 bits per heavy atom. The Morgan fingerprint density at radius 3 is 2.95 bits per heavy atom. The van der Waals surface area contributed by atoms with Gasteiger partial charge in [0.1, 0.15) is 5.82 Å². The van der Waals surface area contributed by atoms with Gasteiger partial charge < -0.3 is 0 Å². The Hall–Kier alpha value is -1.87. The lowest BCUT2D eigenvalue weighted by Crippen LogP contribution is -2.28. The molecule has 20 heavy (non-hydrogen) atoms. The van der Waals surface area contributed by atoms with Crippen molar-refractivity contribution in [2.24, 2.45) is 7.05 Å². The first kappa shape index (κ1) is 13.1. The highest BCUT2D eigenvalue weighted by Gasteiger charge is 2.30. The zero-order valence-electron chi connectivity index (χ0n) is 10.6. The minimum Gasteiger partial charge on any atom is -0.207 e. The van der Waals surface area contributed by atoms with Crippen LogP contribution in [0.1, 0.15) is 23.6 Å². The second kappa shape index (κ2) is 4.60. The summed E-state index contributed by atoms with van der Waals surface area (Å²) in [4.78, 5) is 1.08. The van der Waals surface area contributed by atoms with Gasteiger partial charge in [-0.2, -0.15) is 4.80 Å². The zero-order chi connectivity index (χ0) is 14.3. The van der Waals surface area contributed by atoms with Gasteiger partial charge in [0, 0.05) is 6.04 Å². The van der Waals surface area contributed by atoms with Gasteiger partial charge in [-0.15, -0.1) is 5.10 Å². The molecule has 1 aromatic carbocycles. The summed E-state index contributed by atoms with van der Waals surface area (Å²) in [6, 6.07) is 3.98. The number of hydrogen-bond donors (Lipinski definition) is 1. The first-order chi connectivity index (χ1) is 9.45. The number of hydrogen-bond acceptors (Lipinski definition) is 5. The van der Waals surface area contributed by atoms with E-state index in [1.807, 2.05) is 0 Å². The lowest BCUT2D eigenvalue weighted by Gasteiger charge is -2.12. The van der Waals surface area contributed by atoms with E-state index < -0.39 is 10.0 Å². The van der Waals surface area contributed by atoms with E-state index in [0.29, 0.717) is 12.8 Å². The maximum absolute atomic E-state index is 13.1. The highest BCUT2D eigenvalue weighted by molar-refractivity contribution is 7.89. The summed E-state index contributed by atoms with van der Waals surface area (Å²) in [5, 5.41) is 10.3. The van der Waals surface area contributed by atoms with Crippen LogP contribution in [-0.4, -0.2) is 28.6 Å². The second-order valence-electron chi connectivity index (χ2n) is 4.62. The topological polar surface area (TPSA) is 89.8 Å². The summed E-state index contributed by atoms with van der Waals surface area (Å²) in [5.74, 6) is -0.317. The Bertz CT molecular complexity index is 758. The monoisotopic (exact) mass is 297 g/mol. The maximum Gasteiger partial charge on any atom is 0.303 e.